The summed E-state index contributed by atoms with van der Waals surface area (Å²) in [5.74, 6) is -1.32. The van der Waals surface area contributed by atoms with Gasteiger partial charge in [-0.1, -0.05) is 6.07 Å². The lowest BCUT2D eigenvalue weighted by Crippen LogP contribution is -2.25. The Balaban J connectivity index is 2.68. The van der Waals surface area contributed by atoms with E-state index in [4.69, 9.17) is 10.4 Å². The number of rotatable bonds is 4. The summed E-state index contributed by atoms with van der Waals surface area (Å²) in [6.45, 7) is 0. The number of carboxylic acid groups (broad SMARTS) is 1. The van der Waals surface area contributed by atoms with Crippen molar-refractivity contribution in [2.45, 2.75) is 0 Å². The smallest absolute Gasteiger partial charge is 0.357 e. The predicted octanol–water partition coefficient (Wildman–Crippen LogP) is 1.81. The third-order valence-electron chi connectivity index (χ3n) is 2.48. The third-order valence-corrected chi connectivity index (χ3v) is 4.46. The number of hydrogen-bond acceptors (Lipinski definition) is 6. The number of carboxylic acids is 1. The molecule has 1 heterocycles. The molecule has 0 spiro atoms. The largest absolute Gasteiger partial charge is 0.476 e. The van der Waals surface area contributed by atoms with Crippen molar-refractivity contribution in [3.63, 3.8) is 0 Å². The van der Waals surface area contributed by atoms with Gasteiger partial charge >= 0.3 is 5.97 Å². The average Bonchev–Trinajstić information content (AvgIpc) is 2.86. The number of nitrogens with zero attached hydrogens (tertiary/aromatic N) is 3. The van der Waals surface area contributed by atoms with E-state index in [1.165, 1.54) is 29.8 Å². The number of benzene rings is 1. The van der Waals surface area contributed by atoms with Crippen molar-refractivity contribution in [3.05, 3.63) is 41.0 Å². The molecule has 0 unspecified atom stereocenters. The topological polar surface area (TPSA) is 111 Å². The molecule has 0 saturated carbocycles. The molecule has 0 aliphatic carbocycles. The molecular weight excluding hydrogens is 314 g/mol. The summed E-state index contributed by atoms with van der Waals surface area (Å²) in [5, 5.41) is 18.0. The van der Waals surface area contributed by atoms with Crippen LogP contribution in [0.4, 0.5) is 10.7 Å². The second kappa shape index (κ2) is 5.51. The van der Waals surface area contributed by atoms with Crippen LogP contribution in [-0.4, -0.2) is 30.7 Å². The van der Waals surface area contributed by atoms with Crippen LogP contribution in [0.5, 0.6) is 0 Å². The first-order valence-corrected chi connectivity index (χ1v) is 8.24. The highest BCUT2D eigenvalue weighted by molar-refractivity contribution is 7.92. The van der Waals surface area contributed by atoms with E-state index in [1.54, 1.807) is 0 Å². The van der Waals surface area contributed by atoms with Crippen LogP contribution in [0.3, 0.4) is 0 Å². The van der Waals surface area contributed by atoms with Gasteiger partial charge in [-0.25, -0.2) is 22.5 Å². The van der Waals surface area contributed by atoms with Gasteiger partial charge in [-0.05, 0) is 18.2 Å². The molecular formula is C12H9N3O4S2. The molecule has 21 heavy (non-hydrogen) atoms. The van der Waals surface area contributed by atoms with E-state index in [2.05, 4.69) is 4.98 Å². The van der Waals surface area contributed by atoms with Gasteiger partial charge in [-0.15, -0.1) is 11.3 Å². The van der Waals surface area contributed by atoms with Crippen molar-refractivity contribution in [2.24, 2.45) is 0 Å². The van der Waals surface area contributed by atoms with Crippen molar-refractivity contribution < 1.29 is 18.3 Å². The summed E-state index contributed by atoms with van der Waals surface area (Å²) in [6.07, 6.45) is 0.956. The van der Waals surface area contributed by atoms with E-state index in [0.717, 1.165) is 21.9 Å². The molecule has 9 heteroatoms. The first-order valence-electron chi connectivity index (χ1n) is 5.52. The highest BCUT2D eigenvalue weighted by Gasteiger charge is 2.27. The Bertz CT molecular complexity index is 836. The first kappa shape index (κ1) is 15.0. The van der Waals surface area contributed by atoms with Gasteiger partial charge in [0, 0.05) is 0 Å². The monoisotopic (exact) mass is 323 g/mol. The fourth-order valence-corrected chi connectivity index (χ4v) is 3.82. The van der Waals surface area contributed by atoms with Gasteiger partial charge in [0.25, 0.3) is 0 Å². The lowest BCUT2D eigenvalue weighted by atomic mass is 10.2. The summed E-state index contributed by atoms with van der Waals surface area (Å²) in [5.41, 5.74) is 1.35. The van der Waals surface area contributed by atoms with Gasteiger partial charge < -0.3 is 5.11 Å². The van der Waals surface area contributed by atoms with E-state index in [0.29, 0.717) is 0 Å². The van der Waals surface area contributed by atoms with Gasteiger partial charge in [-0.2, -0.15) is 5.26 Å². The van der Waals surface area contributed by atoms with E-state index in [1.807, 2.05) is 6.07 Å². The van der Waals surface area contributed by atoms with Crippen LogP contribution in [0.1, 0.15) is 16.1 Å². The molecule has 0 atom stereocenters. The normalized spacial score (nSPS) is 10.9. The zero-order chi connectivity index (χ0) is 15.6. The Hall–Kier alpha value is -2.44. The highest BCUT2D eigenvalue weighted by Crippen LogP contribution is 2.34. The maximum atomic E-state index is 12.0. The standard InChI is InChI=1S/C12H9N3O4S2/c1-21(18,19)15(9-4-2-3-8(5-9)6-13)11-10(12(16)17)14-7-20-11/h2-5,7H,1H3,(H,16,17). The molecule has 1 aromatic heterocycles. The summed E-state index contributed by atoms with van der Waals surface area (Å²) in [6, 6.07) is 7.80. The van der Waals surface area contributed by atoms with Crippen molar-refractivity contribution in [1.82, 2.24) is 4.98 Å². The molecule has 0 bridgehead atoms. The minimum atomic E-state index is -3.79. The van der Waals surface area contributed by atoms with Crippen molar-refractivity contribution in [1.29, 1.82) is 5.26 Å². The molecule has 0 aliphatic rings. The maximum Gasteiger partial charge on any atom is 0.357 e. The quantitative estimate of drug-likeness (QED) is 0.918. The number of nitriles is 1. The molecule has 0 saturated heterocycles. The highest BCUT2D eigenvalue weighted by atomic mass is 32.2. The number of carbonyl (C=O) groups is 1. The molecule has 0 fully saturated rings. The first-order chi connectivity index (χ1) is 9.84. The number of anilines is 2. The minimum absolute atomic E-state index is 0.0277. The molecule has 0 amide bonds. The van der Waals surface area contributed by atoms with E-state index in [9.17, 15) is 13.2 Å². The Labute approximate surface area is 124 Å². The Morgan fingerprint density at radius 1 is 1.48 bits per heavy atom. The Kier molecular flexibility index (Phi) is 3.93. The molecule has 2 rings (SSSR count). The Morgan fingerprint density at radius 3 is 2.76 bits per heavy atom. The lowest BCUT2D eigenvalue weighted by Gasteiger charge is -2.21. The molecule has 1 N–H and O–H groups in total. The maximum absolute atomic E-state index is 12.0. The van der Waals surface area contributed by atoms with Gasteiger partial charge in [-0.3, -0.25) is 0 Å². The van der Waals surface area contributed by atoms with E-state index in [-0.39, 0.29) is 21.9 Å². The molecule has 2 aromatic rings. The average molecular weight is 323 g/mol. The minimum Gasteiger partial charge on any atom is -0.476 e. The fraction of sp³-hybridized carbons (Fsp3) is 0.0833. The van der Waals surface area contributed by atoms with Gasteiger partial charge in [0.15, 0.2) is 5.69 Å². The number of hydrogen-bond donors (Lipinski definition) is 1. The molecule has 0 aliphatic heterocycles. The van der Waals surface area contributed by atoms with Gasteiger partial charge in [0.2, 0.25) is 10.0 Å². The molecule has 7 nitrogen and oxygen atoms in total. The van der Waals surface area contributed by atoms with Crippen molar-refractivity contribution in [2.75, 3.05) is 10.6 Å². The van der Waals surface area contributed by atoms with Gasteiger partial charge in [0.05, 0.1) is 29.1 Å². The van der Waals surface area contributed by atoms with Crippen LogP contribution >= 0.6 is 11.3 Å². The fourth-order valence-electron chi connectivity index (χ4n) is 1.69. The third kappa shape index (κ3) is 3.01. The Morgan fingerprint density at radius 2 is 2.19 bits per heavy atom. The van der Waals surface area contributed by atoms with E-state index >= 15 is 0 Å². The molecule has 0 radical (unpaired) electrons. The van der Waals surface area contributed by atoms with Crippen LogP contribution in [0.15, 0.2) is 29.8 Å². The summed E-state index contributed by atoms with van der Waals surface area (Å²) in [7, 11) is -3.79. The van der Waals surface area contributed by atoms with Crippen LogP contribution in [0, 0.1) is 11.3 Å². The van der Waals surface area contributed by atoms with Crippen molar-refractivity contribution in [3.8, 4) is 6.07 Å². The number of sulfonamides is 1. The van der Waals surface area contributed by atoms with Crippen LogP contribution in [0.2, 0.25) is 0 Å². The summed E-state index contributed by atoms with van der Waals surface area (Å²) in [4.78, 5) is 14.8. The number of thiazole rings is 1. The number of aromatic nitrogens is 1. The summed E-state index contributed by atoms with van der Waals surface area (Å²) >= 11 is 0.893. The van der Waals surface area contributed by atoms with E-state index < -0.39 is 16.0 Å². The predicted molar refractivity (Wildman–Crippen MR) is 77.2 cm³/mol. The summed E-state index contributed by atoms with van der Waals surface area (Å²) < 4.78 is 24.9. The SMILES string of the molecule is CS(=O)(=O)N(c1cccc(C#N)c1)c1scnc1C(=O)O. The number of aromatic carboxylic acids is 1. The zero-order valence-electron chi connectivity index (χ0n) is 10.7. The van der Waals surface area contributed by atoms with Crippen LogP contribution in [0.25, 0.3) is 0 Å². The van der Waals surface area contributed by atoms with Crippen LogP contribution in [-0.2, 0) is 10.0 Å². The molecule has 108 valence electrons. The lowest BCUT2D eigenvalue weighted by molar-refractivity contribution is 0.0692. The van der Waals surface area contributed by atoms with Gasteiger partial charge in [0.1, 0.15) is 5.00 Å². The molecule has 1 aromatic carbocycles. The van der Waals surface area contributed by atoms with Crippen molar-refractivity contribution >= 4 is 38.0 Å². The van der Waals surface area contributed by atoms with Crippen LogP contribution < -0.4 is 4.31 Å². The second-order valence-corrected chi connectivity index (χ2v) is 6.67. The zero-order valence-corrected chi connectivity index (χ0v) is 12.3. The second-order valence-electron chi connectivity index (χ2n) is 4.00.